The molecule has 16 heavy (non-hydrogen) atoms. The molecule has 0 aromatic carbocycles. The largest absolute Gasteiger partial charge is 0.474 e. The Bertz CT molecular complexity index is 510. The highest BCUT2D eigenvalue weighted by molar-refractivity contribution is 14.2. The van der Waals surface area contributed by atoms with Crippen molar-refractivity contribution in [2.24, 2.45) is 0 Å². The first kappa shape index (κ1) is 10.7. The maximum absolute atomic E-state index is 5.79. The number of hydrogen-bond donors (Lipinski definition) is 0. The van der Waals surface area contributed by atoms with Gasteiger partial charge in [0.05, 0.1) is 0 Å². The molecule has 1 saturated carbocycles. The van der Waals surface area contributed by atoms with Gasteiger partial charge in [0, 0.05) is 48.0 Å². The van der Waals surface area contributed by atoms with Crippen LogP contribution < -0.4 is 4.74 Å². The molecule has 0 bridgehead atoms. The van der Waals surface area contributed by atoms with Crippen molar-refractivity contribution >= 4 is 41.4 Å². The molecule has 2 aromatic heterocycles. The van der Waals surface area contributed by atoms with Crippen LogP contribution in [-0.2, 0) is 0 Å². The van der Waals surface area contributed by atoms with Crippen molar-refractivity contribution in [2.75, 3.05) is 0 Å². The van der Waals surface area contributed by atoms with Crippen molar-refractivity contribution in [2.45, 2.75) is 25.4 Å². The normalized spacial score (nSPS) is 16.3. The number of halogens is 1. The minimum Gasteiger partial charge on any atom is -0.474 e. The predicted molar refractivity (Wildman–Crippen MR) is 75.0 cm³/mol. The Morgan fingerprint density at radius 2 is 2.25 bits per heavy atom. The summed E-state index contributed by atoms with van der Waals surface area (Å²) in [4.78, 5) is 4.54. The molecule has 2 aromatic rings. The van der Waals surface area contributed by atoms with Crippen LogP contribution in [0.4, 0.5) is 0 Å². The second kappa shape index (κ2) is 4.44. The molecule has 1 fully saturated rings. The Hall–Kier alpha value is -0.430. The minimum absolute atomic E-state index is 0.389. The smallest absolute Gasteiger partial charge is 0.215 e. The summed E-state index contributed by atoms with van der Waals surface area (Å²) in [5.41, 5.74) is 0.983. The SMILES string of the molecule is ISn1ccc2ccc(OC3CCC3)nc21. The van der Waals surface area contributed by atoms with E-state index in [2.05, 4.69) is 38.3 Å². The molecule has 3 rings (SSSR count). The number of fused-ring (bicyclic) bond motifs is 1. The first-order chi connectivity index (χ1) is 7.86. The third-order valence-corrected chi connectivity index (χ3v) is 4.61. The van der Waals surface area contributed by atoms with E-state index >= 15 is 0 Å². The van der Waals surface area contributed by atoms with Gasteiger partial charge in [0.15, 0.2) is 5.65 Å². The van der Waals surface area contributed by atoms with Gasteiger partial charge in [0.1, 0.15) is 6.10 Å². The molecule has 0 saturated heterocycles. The minimum atomic E-state index is 0.389. The van der Waals surface area contributed by atoms with Crippen LogP contribution in [0.1, 0.15) is 19.3 Å². The van der Waals surface area contributed by atoms with Crippen LogP contribution in [0.5, 0.6) is 5.88 Å². The summed E-state index contributed by atoms with van der Waals surface area (Å²) >= 11 is 2.25. The van der Waals surface area contributed by atoms with Gasteiger partial charge in [0.25, 0.3) is 0 Å². The lowest BCUT2D eigenvalue weighted by molar-refractivity contribution is 0.115. The monoisotopic (exact) mass is 346 g/mol. The fourth-order valence-corrected chi connectivity index (χ4v) is 3.02. The average molecular weight is 346 g/mol. The molecule has 2 heterocycles. The summed E-state index contributed by atoms with van der Waals surface area (Å²) < 4.78 is 7.84. The third-order valence-electron chi connectivity index (χ3n) is 2.89. The Balaban J connectivity index is 1.93. The summed E-state index contributed by atoms with van der Waals surface area (Å²) in [6, 6.07) is 6.10. The maximum atomic E-state index is 5.79. The highest BCUT2D eigenvalue weighted by atomic mass is 127. The molecular weight excluding hydrogens is 335 g/mol. The van der Waals surface area contributed by atoms with Gasteiger partial charge in [-0.1, -0.05) is 0 Å². The average Bonchev–Trinajstić information content (AvgIpc) is 2.65. The Kier molecular flexibility index (Phi) is 2.97. The molecule has 0 N–H and O–H groups in total. The molecular formula is C11H11IN2OS. The summed E-state index contributed by atoms with van der Waals surface area (Å²) in [5.74, 6) is 0.752. The molecule has 0 unspecified atom stereocenters. The van der Waals surface area contributed by atoms with Gasteiger partial charge in [-0.3, -0.25) is 3.97 Å². The topological polar surface area (TPSA) is 27.1 Å². The second-order valence-corrected chi connectivity index (χ2v) is 5.66. The fraction of sp³-hybridized carbons (Fsp3) is 0.364. The molecule has 5 heteroatoms. The molecule has 0 amide bonds. The van der Waals surface area contributed by atoms with Crippen LogP contribution in [0.25, 0.3) is 11.0 Å². The van der Waals surface area contributed by atoms with Crippen molar-refractivity contribution in [3.8, 4) is 5.88 Å². The molecule has 0 spiro atoms. The van der Waals surface area contributed by atoms with Gasteiger partial charge < -0.3 is 4.74 Å². The lowest BCUT2D eigenvalue weighted by Crippen LogP contribution is -2.24. The van der Waals surface area contributed by atoms with E-state index in [1.807, 2.05) is 16.2 Å². The van der Waals surface area contributed by atoms with E-state index in [9.17, 15) is 0 Å². The Morgan fingerprint density at radius 3 is 2.94 bits per heavy atom. The van der Waals surface area contributed by atoms with Crippen molar-refractivity contribution in [1.82, 2.24) is 8.96 Å². The molecule has 0 atom stereocenters. The first-order valence-electron chi connectivity index (χ1n) is 5.30. The number of hydrogen-bond acceptors (Lipinski definition) is 3. The van der Waals surface area contributed by atoms with Crippen LogP contribution in [0.2, 0.25) is 0 Å². The molecule has 84 valence electrons. The Labute approximate surface area is 110 Å². The van der Waals surface area contributed by atoms with Crippen molar-refractivity contribution < 1.29 is 4.74 Å². The number of rotatable bonds is 3. The van der Waals surface area contributed by atoms with Gasteiger partial charge in [-0.05, 0) is 31.4 Å². The van der Waals surface area contributed by atoms with Crippen molar-refractivity contribution in [3.05, 3.63) is 24.4 Å². The molecule has 0 radical (unpaired) electrons. The van der Waals surface area contributed by atoms with Gasteiger partial charge >= 0.3 is 0 Å². The predicted octanol–water partition coefficient (Wildman–Crippen LogP) is 3.81. The molecule has 0 aliphatic heterocycles. The van der Waals surface area contributed by atoms with E-state index in [1.54, 1.807) is 9.12 Å². The number of ether oxygens (including phenoxy) is 1. The summed E-state index contributed by atoms with van der Waals surface area (Å²) in [5, 5.41) is 1.16. The summed E-state index contributed by atoms with van der Waals surface area (Å²) in [6.07, 6.45) is 6.04. The van der Waals surface area contributed by atoms with Crippen molar-refractivity contribution in [1.29, 1.82) is 0 Å². The molecule has 1 aliphatic rings. The molecule has 3 nitrogen and oxygen atoms in total. The zero-order valence-electron chi connectivity index (χ0n) is 8.60. The zero-order valence-corrected chi connectivity index (χ0v) is 11.6. The van der Waals surface area contributed by atoms with E-state index in [0.717, 1.165) is 16.9 Å². The van der Waals surface area contributed by atoms with E-state index in [0.29, 0.717) is 6.10 Å². The molecule has 1 aliphatic carbocycles. The fourth-order valence-electron chi connectivity index (χ4n) is 1.75. The van der Waals surface area contributed by atoms with Crippen molar-refractivity contribution in [3.63, 3.8) is 0 Å². The van der Waals surface area contributed by atoms with Gasteiger partial charge in [-0.2, -0.15) is 4.98 Å². The second-order valence-electron chi connectivity index (χ2n) is 3.94. The van der Waals surface area contributed by atoms with Crippen LogP contribution in [0, 0.1) is 0 Å². The van der Waals surface area contributed by atoms with Gasteiger partial charge in [0.2, 0.25) is 5.88 Å². The first-order valence-corrected chi connectivity index (χ1v) is 8.62. The van der Waals surface area contributed by atoms with Crippen LogP contribution in [-0.4, -0.2) is 15.1 Å². The van der Waals surface area contributed by atoms with E-state index in [1.165, 1.54) is 19.3 Å². The lowest BCUT2D eigenvalue weighted by Gasteiger charge is -2.25. The maximum Gasteiger partial charge on any atom is 0.215 e. The standard InChI is InChI=1S/C11H11IN2OS/c12-16-14-7-6-8-4-5-10(13-11(8)14)15-9-2-1-3-9/h4-7,9H,1-3H2. The zero-order chi connectivity index (χ0) is 11.0. The summed E-state index contributed by atoms with van der Waals surface area (Å²) in [6.45, 7) is 0. The van der Waals surface area contributed by atoms with E-state index in [4.69, 9.17) is 4.74 Å². The van der Waals surface area contributed by atoms with E-state index in [-0.39, 0.29) is 0 Å². The third kappa shape index (κ3) is 1.90. The van der Waals surface area contributed by atoms with Gasteiger partial charge in [-0.15, -0.1) is 0 Å². The van der Waals surface area contributed by atoms with Crippen LogP contribution in [0.15, 0.2) is 24.4 Å². The Morgan fingerprint density at radius 1 is 1.38 bits per heavy atom. The quantitative estimate of drug-likeness (QED) is 0.791. The lowest BCUT2D eigenvalue weighted by atomic mass is 9.96. The van der Waals surface area contributed by atoms with Crippen LogP contribution >= 0.6 is 30.3 Å². The number of pyridine rings is 1. The highest BCUT2D eigenvalue weighted by Gasteiger charge is 2.19. The highest BCUT2D eigenvalue weighted by Crippen LogP contribution is 2.28. The van der Waals surface area contributed by atoms with Crippen LogP contribution in [0.3, 0.4) is 0 Å². The number of aromatic nitrogens is 2. The van der Waals surface area contributed by atoms with E-state index < -0.39 is 0 Å². The number of nitrogens with zero attached hydrogens (tertiary/aromatic N) is 2. The summed E-state index contributed by atoms with van der Waals surface area (Å²) in [7, 11) is 1.62. The van der Waals surface area contributed by atoms with Gasteiger partial charge in [-0.25, -0.2) is 0 Å².